The van der Waals surface area contributed by atoms with Gasteiger partial charge in [-0.15, -0.1) is 11.3 Å². The predicted octanol–water partition coefficient (Wildman–Crippen LogP) is 3.47. The Bertz CT molecular complexity index is 1630. The van der Waals surface area contributed by atoms with Gasteiger partial charge in [0.05, 0.1) is 17.6 Å². The lowest BCUT2D eigenvalue weighted by atomic mass is 9.87. The third-order valence-corrected chi connectivity index (χ3v) is 9.53. The number of pyridine rings is 1. The number of anilines is 1. The Morgan fingerprint density at radius 3 is 2.41 bits per heavy atom. The predicted molar refractivity (Wildman–Crippen MR) is 141 cm³/mol. The summed E-state index contributed by atoms with van der Waals surface area (Å²) in [6, 6.07) is 4.01. The first-order chi connectivity index (χ1) is 17.6. The van der Waals surface area contributed by atoms with Crippen LogP contribution in [0, 0.1) is 6.92 Å². The maximum absolute atomic E-state index is 12.9. The molecule has 2 saturated heterocycles. The molecule has 192 valence electrons. The van der Waals surface area contributed by atoms with Crippen LogP contribution in [0.1, 0.15) is 49.1 Å². The Labute approximate surface area is 218 Å². The summed E-state index contributed by atoms with van der Waals surface area (Å²) in [5.41, 5.74) is 9.70. The second kappa shape index (κ2) is 8.59. The third-order valence-electron chi connectivity index (χ3n) is 7.43. The van der Waals surface area contributed by atoms with Crippen LogP contribution in [-0.4, -0.2) is 62.1 Å². The van der Waals surface area contributed by atoms with Crippen LogP contribution in [0.3, 0.4) is 0 Å². The number of aryl methyl sites for hydroxylation is 1. The van der Waals surface area contributed by atoms with Crippen LogP contribution in [0.5, 0.6) is 0 Å². The fraction of sp³-hybridized carbons (Fsp3) is 0.400. The van der Waals surface area contributed by atoms with Crippen LogP contribution >= 0.6 is 11.3 Å². The highest BCUT2D eigenvalue weighted by Gasteiger charge is 2.44. The average molecular weight is 538 g/mol. The number of nitrogens with zero attached hydrogens (tertiary/aromatic N) is 6. The summed E-state index contributed by atoms with van der Waals surface area (Å²) in [6.07, 6.45) is 9.52. The van der Waals surface area contributed by atoms with Crippen molar-refractivity contribution < 1.29 is 13.2 Å². The summed E-state index contributed by atoms with van der Waals surface area (Å²) < 4.78 is 27.2. The quantitative estimate of drug-likeness (QED) is 0.418. The molecule has 2 bridgehead atoms. The SMILES string of the molecule is CC(=O)N1[C@@H]2CC[C@H]1C[C@@H](c1nc3c(-c4ccc(-c5ncc(C)s5)nc4)cnn3c(N)c1S(C)(=O)=O)C2. The molecule has 37 heavy (non-hydrogen) atoms. The van der Waals surface area contributed by atoms with E-state index in [0.29, 0.717) is 29.7 Å². The molecule has 0 aromatic carbocycles. The van der Waals surface area contributed by atoms with E-state index >= 15 is 0 Å². The van der Waals surface area contributed by atoms with Gasteiger partial charge in [0, 0.05) is 59.6 Å². The van der Waals surface area contributed by atoms with E-state index in [0.717, 1.165) is 40.2 Å². The van der Waals surface area contributed by atoms with E-state index in [2.05, 4.69) is 15.1 Å². The number of hydrogen-bond donors (Lipinski definition) is 1. The van der Waals surface area contributed by atoms with Crippen molar-refractivity contribution in [2.24, 2.45) is 0 Å². The number of carbonyl (C=O) groups is 1. The first kappa shape index (κ1) is 24.0. The molecule has 6 rings (SSSR count). The molecule has 2 fully saturated rings. The number of aromatic nitrogens is 5. The molecule has 2 aliphatic heterocycles. The van der Waals surface area contributed by atoms with Crippen molar-refractivity contribution in [1.82, 2.24) is 29.5 Å². The molecule has 2 N–H and O–H groups in total. The minimum Gasteiger partial charge on any atom is -0.382 e. The van der Waals surface area contributed by atoms with Gasteiger partial charge >= 0.3 is 0 Å². The summed E-state index contributed by atoms with van der Waals surface area (Å²) in [4.78, 5) is 29.2. The van der Waals surface area contributed by atoms with Gasteiger partial charge in [-0.2, -0.15) is 9.61 Å². The van der Waals surface area contributed by atoms with Gasteiger partial charge in [-0.25, -0.2) is 18.4 Å². The van der Waals surface area contributed by atoms with Gasteiger partial charge in [0.25, 0.3) is 0 Å². The van der Waals surface area contributed by atoms with E-state index in [4.69, 9.17) is 10.7 Å². The standard InChI is InChI=1S/C25H27N7O3S2/c1-13-10-28-25(36-13)20-7-4-15(11-27-20)19-12-29-32-23(26)22(37(3,34)35)21(30-24(19)32)16-8-17-5-6-18(9-16)31(17)14(2)33/h4,7,10-12,16-18H,5-6,8-9,26H2,1-3H3/t16-,17+,18-. The highest BCUT2D eigenvalue weighted by molar-refractivity contribution is 7.91. The van der Waals surface area contributed by atoms with Gasteiger partial charge < -0.3 is 10.6 Å². The zero-order valence-electron chi connectivity index (χ0n) is 20.7. The van der Waals surface area contributed by atoms with Gasteiger partial charge in [-0.3, -0.25) is 9.78 Å². The van der Waals surface area contributed by atoms with Crippen LogP contribution in [0.2, 0.25) is 0 Å². The molecule has 0 radical (unpaired) electrons. The Kier molecular flexibility index (Phi) is 5.57. The first-order valence-electron chi connectivity index (χ1n) is 12.2. The zero-order valence-corrected chi connectivity index (χ0v) is 22.4. The second-order valence-corrected chi connectivity index (χ2v) is 13.2. The van der Waals surface area contributed by atoms with Crippen molar-refractivity contribution in [1.29, 1.82) is 0 Å². The van der Waals surface area contributed by atoms with Crippen LogP contribution in [0.4, 0.5) is 5.82 Å². The molecular weight excluding hydrogens is 510 g/mol. The molecule has 0 unspecified atom stereocenters. The van der Waals surface area contributed by atoms with Crippen LogP contribution in [0.15, 0.2) is 35.6 Å². The van der Waals surface area contributed by atoms with Crippen LogP contribution in [-0.2, 0) is 14.6 Å². The fourth-order valence-electron chi connectivity index (χ4n) is 5.95. The molecular formula is C25H27N7O3S2. The molecule has 0 spiro atoms. The molecule has 4 aromatic heterocycles. The smallest absolute Gasteiger partial charge is 0.219 e. The number of rotatable bonds is 4. The number of fused-ring (bicyclic) bond motifs is 3. The maximum atomic E-state index is 12.9. The molecule has 12 heteroatoms. The lowest BCUT2D eigenvalue weighted by Gasteiger charge is -2.38. The topological polar surface area (TPSA) is 136 Å². The van der Waals surface area contributed by atoms with Crippen LogP contribution in [0.25, 0.3) is 27.5 Å². The number of hydrogen-bond acceptors (Lipinski definition) is 9. The molecule has 1 amide bonds. The van der Waals surface area contributed by atoms with Crippen LogP contribution < -0.4 is 5.73 Å². The van der Waals surface area contributed by atoms with E-state index < -0.39 is 9.84 Å². The number of nitrogens with two attached hydrogens (primary N) is 1. The van der Waals surface area contributed by atoms with Gasteiger partial charge in [0.2, 0.25) is 5.91 Å². The minimum absolute atomic E-state index is 0.0305. The maximum Gasteiger partial charge on any atom is 0.219 e. The van der Waals surface area contributed by atoms with Gasteiger partial charge in [-0.05, 0) is 38.7 Å². The normalized spacial score (nSPS) is 21.6. The van der Waals surface area contributed by atoms with E-state index in [1.807, 2.05) is 30.2 Å². The molecule has 0 saturated carbocycles. The summed E-state index contributed by atoms with van der Waals surface area (Å²) >= 11 is 1.58. The largest absolute Gasteiger partial charge is 0.382 e. The van der Waals surface area contributed by atoms with E-state index in [9.17, 15) is 13.2 Å². The third kappa shape index (κ3) is 3.98. The van der Waals surface area contributed by atoms with Crippen molar-refractivity contribution in [3.05, 3.63) is 41.3 Å². The van der Waals surface area contributed by atoms with E-state index in [1.165, 1.54) is 4.52 Å². The Balaban J connectivity index is 1.45. The average Bonchev–Trinajstić information content (AvgIpc) is 3.54. The zero-order chi connectivity index (χ0) is 26.1. The number of amides is 1. The number of sulfone groups is 1. The molecule has 4 aromatic rings. The fourth-order valence-corrected chi connectivity index (χ4v) is 7.75. The van der Waals surface area contributed by atoms with Gasteiger partial charge in [0.1, 0.15) is 15.7 Å². The van der Waals surface area contributed by atoms with Crippen molar-refractivity contribution in [3.8, 4) is 21.8 Å². The number of nitrogen functional groups attached to an aromatic ring is 1. The Hall–Kier alpha value is -3.38. The second-order valence-electron chi connectivity index (χ2n) is 9.97. The van der Waals surface area contributed by atoms with Gasteiger partial charge in [0.15, 0.2) is 15.5 Å². The first-order valence-corrected chi connectivity index (χ1v) is 14.9. The number of piperidine rings is 1. The van der Waals surface area contributed by atoms with E-state index in [1.54, 1.807) is 30.7 Å². The lowest BCUT2D eigenvalue weighted by Crippen LogP contribution is -2.45. The molecule has 2 aliphatic rings. The minimum atomic E-state index is -3.69. The lowest BCUT2D eigenvalue weighted by molar-refractivity contribution is -0.133. The highest BCUT2D eigenvalue weighted by Crippen LogP contribution is 2.45. The summed E-state index contributed by atoms with van der Waals surface area (Å²) in [6.45, 7) is 3.60. The van der Waals surface area contributed by atoms with E-state index in [-0.39, 0.29) is 34.6 Å². The molecule has 10 nitrogen and oxygen atoms in total. The van der Waals surface area contributed by atoms with Gasteiger partial charge in [-0.1, -0.05) is 6.07 Å². The summed E-state index contributed by atoms with van der Waals surface area (Å²) in [5.74, 6) is -0.00130. The van der Waals surface area contributed by atoms with Crippen molar-refractivity contribution in [2.45, 2.75) is 62.4 Å². The Morgan fingerprint density at radius 1 is 1.11 bits per heavy atom. The summed E-state index contributed by atoms with van der Waals surface area (Å²) in [5, 5.41) is 5.24. The molecule has 6 heterocycles. The van der Waals surface area contributed by atoms with Crippen molar-refractivity contribution in [3.63, 3.8) is 0 Å². The molecule has 0 aliphatic carbocycles. The number of carbonyl (C=O) groups excluding carboxylic acids is 1. The van der Waals surface area contributed by atoms with Crippen molar-refractivity contribution in [2.75, 3.05) is 12.0 Å². The van der Waals surface area contributed by atoms with Crippen molar-refractivity contribution >= 4 is 38.5 Å². The Morgan fingerprint density at radius 2 is 1.84 bits per heavy atom. The number of thiazole rings is 1. The monoisotopic (exact) mass is 537 g/mol. The highest BCUT2D eigenvalue weighted by atomic mass is 32.2. The molecule has 3 atom stereocenters. The summed E-state index contributed by atoms with van der Waals surface area (Å²) in [7, 11) is -3.69.